The number of hydrogen-bond donors (Lipinski definition) is 1. The van der Waals surface area contributed by atoms with Gasteiger partial charge in [-0.2, -0.15) is 0 Å². The highest BCUT2D eigenvalue weighted by atomic mass is 35.5. The van der Waals surface area contributed by atoms with Crippen molar-refractivity contribution in [3.05, 3.63) is 99.2 Å². The van der Waals surface area contributed by atoms with Crippen molar-refractivity contribution in [3.8, 4) is 22.8 Å². The van der Waals surface area contributed by atoms with Crippen LogP contribution in [0.1, 0.15) is 15.9 Å². The third-order valence-corrected chi connectivity index (χ3v) is 4.97. The van der Waals surface area contributed by atoms with Gasteiger partial charge in [-0.15, -0.1) is 0 Å². The average Bonchev–Trinajstić information content (AvgIpc) is 3.25. The van der Waals surface area contributed by atoms with Gasteiger partial charge in [0.1, 0.15) is 0 Å². The highest BCUT2D eigenvalue weighted by Gasteiger charge is 2.18. The van der Waals surface area contributed by atoms with Gasteiger partial charge < -0.3 is 9.73 Å². The van der Waals surface area contributed by atoms with Crippen molar-refractivity contribution in [2.24, 2.45) is 0 Å². The van der Waals surface area contributed by atoms with Crippen molar-refractivity contribution in [3.63, 3.8) is 0 Å². The molecule has 4 aromatic rings. The van der Waals surface area contributed by atoms with Crippen LogP contribution in [0.3, 0.4) is 0 Å². The smallest absolute Gasteiger partial charge is 0.271 e. The maximum absolute atomic E-state index is 13.0. The first-order chi connectivity index (χ1) is 14.9. The number of non-ortho nitro benzene ring substituents is 1. The normalized spacial score (nSPS) is 10.6. The minimum atomic E-state index is -0.506. The SMILES string of the molecule is Cc1ccc([N+](=O)[O-])cc1NC(=O)c1ccccc1-c1ncc(-c2ccc(Cl)cc2)o1. The Morgan fingerprint density at radius 3 is 2.58 bits per heavy atom. The molecule has 31 heavy (non-hydrogen) atoms. The van der Waals surface area contributed by atoms with Gasteiger partial charge in [-0.25, -0.2) is 4.98 Å². The lowest BCUT2D eigenvalue weighted by Crippen LogP contribution is -2.14. The van der Waals surface area contributed by atoms with Gasteiger partial charge in [-0.1, -0.05) is 29.8 Å². The van der Waals surface area contributed by atoms with Crippen molar-refractivity contribution in [2.45, 2.75) is 6.92 Å². The van der Waals surface area contributed by atoms with E-state index in [1.807, 2.05) is 12.1 Å². The van der Waals surface area contributed by atoms with Crippen LogP contribution >= 0.6 is 11.6 Å². The number of nitrogens with zero attached hydrogens (tertiary/aromatic N) is 2. The van der Waals surface area contributed by atoms with Gasteiger partial charge >= 0.3 is 0 Å². The Morgan fingerprint density at radius 1 is 1.10 bits per heavy atom. The van der Waals surface area contributed by atoms with Crippen LogP contribution in [-0.4, -0.2) is 15.8 Å². The largest absolute Gasteiger partial charge is 0.436 e. The van der Waals surface area contributed by atoms with Crippen LogP contribution in [0.25, 0.3) is 22.8 Å². The molecule has 0 aliphatic heterocycles. The zero-order valence-electron chi connectivity index (χ0n) is 16.3. The van der Waals surface area contributed by atoms with Crippen molar-refractivity contribution in [2.75, 3.05) is 5.32 Å². The predicted octanol–water partition coefficient (Wildman–Crippen LogP) is 6.13. The number of aryl methyl sites for hydroxylation is 1. The fourth-order valence-electron chi connectivity index (χ4n) is 3.06. The van der Waals surface area contributed by atoms with E-state index in [9.17, 15) is 14.9 Å². The summed E-state index contributed by atoms with van der Waals surface area (Å²) in [4.78, 5) is 27.9. The number of nitrogens with one attached hydrogen (secondary N) is 1. The monoisotopic (exact) mass is 433 g/mol. The van der Waals surface area contributed by atoms with Crippen molar-refractivity contribution in [1.29, 1.82) is 0 Å². The standard InChI is InChI=1S/C23H16ClN3O4/c1-14-6-11-17(27(29)30)12-20(14)26-22(28)18-4-2-3-5-19(18)23-25-13-21(31-23)15-7-9-16(24)10-8-15/h2-13H,1H3,(H,26,28). The first-order valence-electron chi connectivity index (χ1n) is 9.30. The first-order valence-corrected chi connectivity index (χ1v) is 9.68. The number of carbonyl (C=O) groups is 1. The summed E-state index contributed by atoms with van der Waals surface area (Å²) in [6.07, 6.45) is 1.58. The van der Waals surface area contributed by atoms with E-state index in [-0.39, 0.29) is 11.6 Å². The summed E-state index contributed by atoms with van der Waals surface area (Å²) in [5.41, 5.74) is 2.61. The average molecular weight is 434 g/mol. The molecule has 0 saturated heterocycles. The van der Waals surface area contributed by atoms with Crippen LogP contribution in [-0.2, 0) is 0 Å². The van der Waals surface area contributed by atoms with Gasteiger partial charge in [0.05, 0.1) is 22.4 Å². The fourth-order valence-corrected chi connectivity index (χ4v) is 3.19. The predicted molar refractivity (Wildman–Crippen MR) is 118 cm³/mol. The Bertz CT molecular complexity index is 1280. The van der Waals surface area contributed by atoms with E-state index < -0.39 is 10.8 Å². The Balaban J connectivity index is 1.65. The lowest BCUT2D eigenvalue weighted by atomic mass is 10.1. The number of rotatable bonds is 5. The number of benzene rings is 3. The van der Waals surface area contributed by atoms with Gasteiger partial charge in [0, 0.05) is 28.3 Å². The molecule has 154 valence electrons. The molecule has 0 bridgehead atoms. The van der Waals surface area contributed by atoms with E-state index in [0.717, 1.165) is 5.56 Å². The highest BCUT2D eigenvalue weighted by Crippen LogP contribution is 2.30. The second kappa shape index (κ2) is 8.41. The van der Waals surface area contributed by atoms with Gasteiger partial charge in [-0.3, -0.25) is 14.9 Å². The zero-order valence-corrected chi connectivity index (χ0v) is 17.1. The van der Waals surface area contributed by atoms with Crippen molar-refractivity contribution >= 4 is 28.9 Å². The van der Waals surface area contributed by atoms with Crippen LogP contribution in [0.15, 0.2) is 77.3 Å². The second-order valence-corrected chi connectivity index (χ2v) is 7.23. The Hall–Kier alpha value is -3.97. The van der Waals surface area contributed by atoms with Crippen LogP contribution in [0.4, 0.5) is 11.4 Å². The molecule has 8 heteroatoms. The molecule has 0 saturated carbocycles. The number of hydrogen-bond acceptors (Lipinski definition) is 5. The van der Waals surface area contributed by atoms with Gasteiger partial charge in [0.15, 0.2) is 5.76 Å². The third kappa shape index (κ3) is 4.31. The van der Waals surface area contributed by atoms with Crippen molar-refractivity contribution in [1.82, 2.24) is 4.98 Å². The van der Waals surface area contributed by atoms with Crippen LogP contribution in [0.2, 0.25) is 5.02 Å². The highest BCUT2D eigenvalue weighted by molar-refractivity contribution is 6.30. The van der Waals surface area contributed by atoms with E-state index in [0.29, 0.717) is 33.2 Å². The molecular weight excluding hydrogens is 418 g/mol. The van der Waals surface area contributed by atoms with Gasteiger partial charge in [-0.05, 0) is 48.9 Å². The van der Waals surface area contributed by atoms with Gasteiger partial charge in [0.2, 0.25) is 5.89 Å². The van der Waals surface area contributed by atoms with E-state index in [2.05, 4.69) is 10.3 Å². The molecule has 0 fully saturated rings. The van der Waals surface area contributed by atoms with Gasteiger partial charge in [0.25, 0.3) is 11.6 Å². The molecule has 0 spiro atoms. The molecule has 7 nitrogen and oxygen atoms in total. The van der Waals surface area contributed by atoms with E-state index >= 15 is 0 Å². The Kier molecular flexibility index (Phi) is 5.51. The summed E-state index contributed by atoms with van der Waals surface area (Å²) in [6, 6.07) is 18.3. The molecule has 3 aromatic carbocycles. The molecule has 1 heterocycles. The summed E-state index contributed by atoms with van der Waals surface area (Å²) in [6.45, 7) is 1.76. The minimum Gasteiger partial charge on any atom is -0.436 e. The number of nitro groups is 1. The van der Waals surface area contributed by atoms with E-state index in [1.165, 1.54) is 12.1 Å². The Morgan fingerprint density at radius 2 is 1.84 bits per heavy atom. The van der Waals surface area contributed by atoms with Crippen molar-refractivity contribution < 1.29 is 14.1 Å². The summed E-state index contributed by atoms with van der Waals surface area (Å²) in [5, 5.41) is 14.4. The minimum absolute atomic E-state index is 0.102. The number of nitro benzene ring substituents is 1. The van der Waals surface area contributed by atoms with Crippen LogP contribution in [0.5, 0.6) is 0 Å². The maximum atomic E-state index is 13.0. The lowest BCUT2D eigenvalue weighted by Gasteiger charge is -2.10. The van der Waals surface area contributed by atoms with E-state index in [1.54, 1.807) is 55.6 Å². The number of aromatic nitrogens is 1. The van der Waals surface area contributed by atoms with E-state index in [4.69, 9.17) is 16.0 Å². The summed E-state index contributed by atoms with van der Waals surface area (Å²) < 4.78 is 5.89. The summed E-state index contributed by atoms with van der Waals surface area (Å²) in [7, 11) is 0. The molecule has 1 N–H and O–H groups in total. The first kappa shape index (κ1) is 20.3. The quantitative estimate of drug-likeness (QED) is 0.301. The zero-order chi connectivity index (χ0) is 22.0. The Labute approximate surface area is 182 Å². The topological polar surface area (TPSA) is 98.3 Å². The van der Waals surface area contributed by atoms with Crippen LogP contribution < -0.4 is 5.32 Å². The molecular formula is C23H16ClN3O4. The third-order valence-electron chi connectivity index (χ3n) is 4.72. The summed E-state index contributed by atoms with van der Waals surface area (Å²) in [5.74, 6) is 0.397. The number of carbonyl (C=O) groups excluding carboxylic acids is 1. The molecule has 1 amide bonds. The number of amides is 1. The number of halogens is 1. The molecule has 4 rings (SSSR count). The maximum Gasteiger partial charge on any atom is 0.271 e. The molecule has 0 aliphatic rings. The molecule has 1 aromatic heterocycles. The molecule has 0 atom stereocenters. The number of oxazole rings is 1. The second-order valence-electron chi connectivity index (χ2n) is 6.79. The summed E-state index contributed by atoms with van der Waals surface area (Å²) >= 11 is 5.93. The lowest BCUT2D eigenvalue weighted by molar-refractivity contribution is -0.384. The van der Waals surface area contributed by atoms with Crippen LogP contribution in [0, 0.1) is 17.0 Å². The molecule has 0 unspecified atom stereocenters. The molecule has 0 aliphatic carbocycles. The number of anilines is 1. The molecule has 0 radical (unpaired) electrons. The fraction of sp³-hybridized carbons (Fsp3) is 0.0435.